The van der Waals surface area contributed by atoms with Crippen LogP contribution in [0, 0.1) is 24.0 Å². The summed E-state index contributed by atoms with van der Waals surface area (Å²) in [6, 6.07) is 0. The number of hydrogen-bond acceptors (Lipinski definition) is 5. The first-order chi connectivity index (χ1) is 13.2. The van der Waals surface area contributed by atoms with Crippen molar-refractivity contribution in [3.05, 3.63) is 57.8 Å². The molecule has 0 aromatic carbocycles. The van der Waals surface area contributed by atoms with Crippen LogP contribution in [0.15, 0.2) is 34.9 Å². The topological polar surface area (TPSA) is 90.8 Å². The Balaban J connectivity index is 0.00000841. The molecule has 30 heavy (non-hydrogen) atoms. The second kappa shape index (κ2) is 11.6. The third-order valence-electron chi connectivity index (χ3n) is 4.11. The van der Waals surface area contributed by atoms with E-state index in [1.165, 1.54) is 0 Å². The Morgan fingerprint density at radius 3 is 1.90 bits per heavy atom. The Morgan fingerprint density at radius 1 is 1.07 bits per heavy atom. The van der Waals surface area contributed by atoms with Crippen LogP contribution in [-0.2, 0) is 13.8 Å². The van der Waals surface area contributed by atoms with Crippen LogP contribution in [-0.4, -0.2) is 36.2 Å². The maximum atomic E-state index is 10.6. The molecule has 0 aromatic heterocycles. The van der Waals surface area contributed by atoms with Gasteiger partial charge in [0, 0.05) is 28.8 Å². The molecule has 0 aromatic rings. The van der Waals surface area contributed by atoms with E-state index >= 15 is 0 Å². The van der Waals surface area contributed by atoms with Gasteiger partial charge in [-0.05, 0) is 12.2 Å². The van der Waals surface area contributed by atoms with E-state index < -0.39 is 7.82 Å². The fraction of sp³-hybridized carbons (Fsp3) is 0.600. The van der Waals surface area contributed by atoms with Gasteiger partial charge in [0.15, 0.2) is 0 Å². The summed E-state index contributed by atoms with van der Waals surface area (Å²) in [5, 5.41) is 0. The molecule has 0 fully saturated rings. The molecule has 10 heteroatoms. The van der Waals surface area contributed by atoms with E-state index in [-0.39, 0.29) is 59.4 Å². The smallest absolute Gasteiger partial charge is 0.756 e. The molecule has 1 aliphatic rings. The summed E-state index contributed by atoms with van der Waals surface area (Å²) in [6.07, 6.45) is 3.76. The zero-order valence-corrected chi connectivity index (χ0v) is 21.7. The van der Waals surface area contributed by atoms with Gasteiger partial charge in [-0.15, -0.1) is 0 Å². The summed E-state index contributed by atoms with van der Waals surface area (Å²) in [7, 11) is -4.74. The van der Waals surface area contributed by atoms with Crippen molar-refractivity contribution in [1.82, 2.24) is 4.90 Å². The van der Waals surface area contributed by atoms with Crippen LogP contribution in [0.2, 0.25) is 0 Å². The fourth-order valence-corrected chi connectivity index (χ4v) is 3.16. The second-order valence-corrected chi connectivity index (χ2v) is 9.82. The first kappa shape index (κ1) is 29.1. The maximum Gasteiger partial charge on any atom is 1.00 e. The maximum absolute atomic E-state index is 10.6. The van der Waals surface area contributed by atoms with Crippen molar-refractivity contribution in [3.63, 3.8) is 0 Å². The van der Waals surface area contributed by atoms with E-state index in [1.807, 2.05) is 12.2 Å². The molecule has 1 heterocycles. The second-order valence-electron chi connectivity index (χ2n) is 8.63. The van der Waals surface area contributed by atoms with Crippen LogP contribution in [0.3, 0.4) is 0 Å². The summed E-state index contributed by atoms with van der Waals surface area (Å²) in [5.74, 6) is 0.0348. The van der Waals surface area contributed by atoms with Crippen LogP contribution < -0.4 is 34.5 Å². The Labute approximate surface area is 201 Å². The van der Waals surface area contributed by atoms with Crippen molar-refractivity contribution in [2.24, 2.45) is 10.8 Å². The number of nitrogens with zero attached hydrogens (tertiary/aromatic N) is 3. The van der Waals surface area contributed by atoms with Crippen molar-refractivity contribution < 1.29 is 53.2 Å². The Hall–Kier alpha value is -0.930. The van der Waals surface area contributed by atoms with Gasteiger partial charge in [0.2, 0.25) is 0 Å². The quantitative estimate of drug-likeness (QED) is 0.269. The Morgan fingerprint density at radius 2 is 1.53 bits per heavy atom. The van der Waals surface area contributed by atoms with E-state index in [4.69, 9.17) is 22.8 Å². The first-order valence-corrected chi connectivity index (χ1v) is 10.7. The monoisotopic (exact) mass is 445 g/mol. The van der Waals surface area contributed by atoms with Crippen LogP contribution >= 0.6 is 7.82 Å². The van der Waals surface area contributed by atoms with Crippen molar-refractivity contribution in [2.75, 3.05) is 26.4 Å². The molecule has 1 atom stereocenters. The van der Waals surface area contributed by atoms with Crippen molar-refractivity contribution >= 4 is 7.82 Å². The molecule has 0 amide bonds. The third kappa shape index (κ3) is 9.06. The summed E-state index contributed by atoms with van der Waals surface area (Å²) in [6.45, 7) is 27.5. The molecular weight excluding hydrogens is 416 g/mol. The normalized spacial score (nSPS) is 16.5. The van der Waals surface area contributed by atoms with Crippen molar-refractivity contribution in [2.45, 2.75) is 41.5 Å². The average Bonchev–Trinajstić information content (AvgIpc) is 2.56. The van der Waals surface area contributed by atoms with Crippen molar-refractivity contribution in [1.29, 1.82) is 0 Å². The van der Waals surface area contributed by atoms with Crippen LogP contribution in [0.25, 0.3) is 9.69 Å². The van der Waals surface area contributed by atoms with E-state index in [1.54, 1.807) is 0 Å². The number of rotatable bonds is 7. The predicted octanol–water partition coefficient (Wildman–Crippen LogP) is 0.710. The molecular formula is C20H29N3NaO5P. The van der Waals surface area contributed by atoms with E-state index in [0.717, 1.165) is 11.4 Å². The zero-order valence-electron chi connectivity index (χ0n) is 18.9. The molecule has 1 rings (SSSR count). The molecule has 160 valence electrons. The van der Waals surface area contributed by atoms with Gasteiger partial charge >= 0.3 is 35.4 Å². The van der Waals surface area contributed by atoms with Crippen LogP contribution in [0.5, 0.6) is 0 Å². The van der Waals surface area contributed by atoms with Gasteiger partial charge < -0.3 is 23.9 Å². The molecule has 1 N–H and O–H groups in total. The number of phosphoric acid groups is 1. The summed E-state index contributed by atoms with van der Waals surface area (Å²) in [4.78, 5) is 28.0. The summed E-state index contributed by atoms with van der Waals surface area (Å²) < 4.78 is 20.3. The first-order valence-electron chi connectivity index (χ1n) is 9.18. The minimum Gasteiger partial charge on any atom is -0.756 e. The molecule has 0 saturated carbocycles. The number of hydrogen-bond donors (Lipinski definition) is 1. The minimum absolute atomic E-state index is 0. The van der Waals surface area contributed by atoms with Gasteiger partial charge in [0.05, 0.1) is 25.4 Å². The number of ether oxygens (including phenoxy) is 1. The Kier molecular flexibility index (Phi) is 11.3. The number of phosphoric ester groups is 1. The molecule has 0 saturated heterocycles. The van der Waals surface area contributed by atoms with Crippen molar-refractivity contribution in [3.8, 4) is 0 Å². The van der Waals surface area contributed by atoms with Gasteiger partial charge in [-0.1, -0.05) is 41.5 Å². The fourth-order valence-electron chi connectivity index (χ4n) is 2.86. The summed E-state index contributed by atoms with van der Waals surface area (Å²) >= 11 is 0. The van der Waals surface area contributed by atoms with Gasteiger partial charge in [0.25, 0.3) is 7.82 Å². The van der Waals surface area contributed by atoms with Gasteiger partial charge in [-0.25, -0.2) is 0 Å². The van der Waals surface area contributed by atoms with Gasteiger partial charge in [0.1, 0.15) is 13.1 Å². The predicted molar refractivity (Wildman–Crippen MR) is 109 cm³/mol. The largest absolute Gasteiger partial charge is 1.00 e. The van der Waals surface area contributed by atoms with Crippen LogP contribution in [0.4, 0.5) is 0 Å². The number of allylic oxidation sites excluding steroid dienone is 5. The molecule has 0 radical (unpaired) electrons. The van der Waals surface area contributed by atoms with Gasteiger partial charge in [-0.2, -0.15) is 9.69 Å². The average molecular weight is 445 g/mol. The standard InChI is InChI=1S/C20H30N3O5P.Na/c1-19(2,3)16-13-15(18(21-7)22-8)14-17(20(4,5)6)23(16)9-10-27-11-12-28-29(24,25)26;/h13-14H,9-12H2,1-6H3,(H2,24,25,26);/q;+1/p-1. The third-order valence-corrected chi connectivity index (χ3v) is 4.62. The minimum atomic E-state index is -4.74. The molecule has 1 aliphatic heterocycles. The molecule has 1 unspecified atom stereocenters. The SMILES string of the molecule is [C-]#[N+]C([N+]#[C-])=C1C=C(C(C)(C)C)N(CCOCCOP(=O)([O-])O)C(C(C)(C)C)=C1.[Na+]. The summed E-state index contributed by atoms with van der Waals surface area (Å²) in [5.41, 5.74) is 2.03. The van der Waals surface area contributed by atoms with Gasteiger partial charge in [-0.3, -0.25) is 4.57 Å². The van der Waals surface area contributed by atoms with E-state index in [0.29, 0.717) is 18.7 Å². The van der Waals surface area contributed by atoms with Crippen LogP contribution in [0.1, 0.15) is 41.5 Å². The van der Waals surface area contributed by atoms with E-state index in [2.05, 4.69) is 60.7 Å². The zero-order chi connectivity index (χ0) is 22.5. The molecule has 0 spiro atoms. The molecule has 8 nitrogen and oxygen atoms in total. The van der Waals surface area contributed by atoms with E-state index in [9.17, 15) is 9.46 Å². The Bertz CT molecular complexity index is 782. The molecule has 0 bridgehead atoms. The molecule has 0 aliphatic carbocycles.